The Morgan fingerprint density at radius 1 is 1.26 bits per heavy atom. The highest BCUT2D eigenvalue weighted by Crippen LogP contribution is 2.44. The lowest BCUT2D eigenvalue weighted by atomic mass is 9.81. The van der Waals surface area contributed by atoms with Gasteiger partial charge in [-0.05, 0) is 66.8 Å². The molecular formula is C26H29ClN4O6S2. The number of thiophene rings is 1. The number of halogens is 1. The summed E-state index contributed by atoms with van der Waals surface area (Å²) in [6.07, 6.45) is 4.03. The fourth-order valence-corrected chi connectivity index (χ4v) is 6.91. The van der Waals surface area contributed by atoms with Crippen LogP contribution < -0.4 is 10.0 Å². The summed E-state index contributed by atoms with van der Waals surface area (Å²) in [5, 5.41) is 16.1. The Morgan fingerprint density at radius 3 is 2.85 bits per heavy atom. The van der Waals surface area contributed by atoms with Gasteiger partial charge in [0.1, 0.15) is 23.9 Å². The monoisotopic (exact) mass is 592 g/mol. The number of hydrogen-bond donors (Lipinski definition) is 3. The summed E-state index contributed by atoms with van der Waals surface area (Å²) in [7, 11) is -2.72. The zero-order chi connectivity index (χ0) is 27.6. The van der Waals surface area contributed by atoms with E-state index >= 15 is 0 Å². The second kappa shape index (κ2) is 11.6. The van der Waals surface area contributed by atoms with E-state index in [1.807, 2.05) is 35.7 Å². The van der Waals surface area contributed by atoms with Crippen LogP contribution in [-0.2, 0) is 24.8 Å². The average Bonchev–Trinajstić information content (AvgIpc) is 3.56. The molecule has 0 spiro atoms. The number of nitrogens with zero attached hydrogens (tertiary/aromatic N) is 2. The molecule has 2 aromatic heterocycles. The molecule has 0 amide bonds. The molecule has 1 aliphatic heterocycles. The number of aliphatic hydroxyl groups is 1. The van der Waals surface area contributed by atoms with Crippen molar-refractivity contribution in [2.24, 2.45) is 0 Å². The van der Waals surface area contributed by atoms with Gasteiger partial charge in [0.2, 0.25) is 5.78 Å². The SMILES string of the molecule is CNS(=O)(=O)O[C@@H]1C[C@H](Nc2ncncc2C(=O)c2cc([C@@]3(c4cccc(Cl)c4)CCCCO3)cs2)C[C@@H]1O. The number of rotatable bonds is 9. The number of aliphatic hydroxyl groups excluding tert-OH is 1. The van der Waals surface area contributed by atoms with E-state index in [4.69, 9.17) is 20.5 Å². The summed E-state index contributed by atoms with van der Waals surface area (Å²) in [6.45, 7) is 0.611. The van der Waals surface area contributed by atoms with Gasteiger partial charge in [0.05, 0.1) is 16.5 Å². The largest absolute Gasteiger partial charge is 0.390 e. The molecular weight excluding hydrogens is 564 g/mol. The van der Waals surface area contributed by atoms with E-state index in [1.165, 1.54) is 30.9 Å². The number of hydrogen-bond acceptors (Lipinski definition) is 10. The molecule has 208 valence electrons. The van der Waals surface area contributed by atoms with E-state index in [1.54, 1.807) is 0 Å². The summed E-state index contributed by atoms with van der Waals surface area (Å²) in [5.41, 5.74) is 1.44. The summed E-state index contributed by atoms with van der Waals surface area (Å²) in [5.74, 6) is 0.0493. The molecule has 1 saturated heterocycles. The van der Waals surface area contributed by atoms with Gasteiger partial charge in [0.15, 0.2) is 0 Å². The molecule has 3 N–H and O–H groups in total. The summed E-state index contributed by atoms with van der Waals surface area (Å²) in [6, 6.07) is 9.14. The molecule has 0 bridgehead atoms. The summed E-state index contributed by atoms with van der Waals surface area (Å²) < 4.78 is 37.0. The van der Waals surface area contributed by atoms with Crippen LogP contribution >= 0.6 is 22.9 Å². The van der Waals surface area contributed by atoms with Crippen LogP contribution in [0.4, 0.5) is 5.82 Å². The molecule has 1 saturated carbocycles. The highest BCUT2D eigenvalue weighted by Gasteiger charge is 2.39. The van der Waals surface area contributed by atoms with Gasteiger partial charge in [-0.3, -0.25) is 8.98 Å². The van der Waals surface area contributed by atoms with Crippen LogP contribution in [0.3, 0.4) is 0 Å². The molecule has 0 unspecified atom stereocenters. The van der Waals surface area contributed by atoms with Gasteiger partial charge in [-0.25, -0.2) is 9.97 Å². The van der Waals surface area contributed by atoms with E-state index in [9.17, 15) is 18.3 Å². The zero-order valence-electron chi connectivity index (χ0n) is 21.2. The highest BCUT2D eigenvalue weighted by molar-refractivity contribution is 7.84. The molecule has 39 heavy (non-hydrogen) atoms. The topological polar surface area (TPSA) is 140 Å². The van der Waals surface area contributed by atoms with Crippen molar-refractivity contribution in [3.63, 3.8) is 0 Å². The lowest BCUT2D eigenvalue weighted by molar-refractivity contribution is -0.0530. The van der Waals surface area contributed by atoms with Gasteiger partial charge in [-0.15, -0.1) is 11.3 Å². The number of ether oxygens (including phenoxy) is 1. The van der Waals surface area contributed by atoms with Crippen molar-refractivity contribution in [1.29, 1.82) is 0 Å². The number of aromatic nitrogens is 2. The first-order valence-electron chi connectivity index (χ1n) is 12.6. The van der Waals surface area contributed by atoms with Crippen LogP contribution in [-0.4, -0.2) is 61.2 Å². The van der Waals surface area contributed by atoms with Crippen LogP contribution in [0.25, 0.3) is 0 Å². The zero-order valence-corrected chi connectivity index (χ0v) is 23.6. The number of anilines is 1. The van der Waals surface area contributed by atoms with Gasteiger partial charge in [-0.2, -0.15) is 13.1 Å². The van der Waals surface area contributed by atoms with Crippen molar-refractivity contribution in [1.82, 2.24) is 14.7 Å². The molecule has 5 rings (SSSR count). The summed E-state index contributed by atoms with van der Waals surface area (Å²) >= 11 is 7.63. The van der Waals surface area contributed by atoms with Gasteiger partial charge < -0.3 is 15.2 Å². The minimum Gasteiger partial charge on any atom is -0.390 e. The molecule has 2 fully saturated rings. The van der Waals surface area contributed by atoms with Crippen molar-refractivity contribution < 1.29 is 27.2 Å². The number of carbonyl (C=O) groups is 1. The molecule has 4 atom stereocenters. The Morgan fingerprint density at radius 2 is 2.10 bits per heavy atom. The predicted octanol–water partition coefficient (Wildman–Crippen LogP) is 3.65. The first kappa shape index (κ1) is 28.1. The van der Waals surface area contributed by atoms with Crippen LogP contribution in [0.2, 0.25) is 5.02 Å². The predicted molar refractivity (Wildman–Crippen MR) is 147 cm³/mol. The molecule has 2 aliphatic rings. The second-order valence-electron chi connectivity index (χ2n) is 9.63. The first-order chi connectivity index (χ1) is 18.7. The molecule has 3 heterocycles. The number of benzene rings is 1. The van der Waals surface area contributed by atoms with E-state index < -0.39 is 28.1 Å². The maximum absolute atomic E-state index is 13.7. The third-order valence-electron chi connectivity index (χ3n) is 7.12. The fourth-order valence-electron chi connectivity index (χ4n) is 5.17. The molecule has 13 heteroatoms. The Kier molecular flexibility index (Phi) is 8.34. The lowest BCUT2D eigenvalue weighted by Gasteiger charge is -2.37. The molecule has 1 aliphatic carbocycles. The Balaban J connectivity index is 1.38. The second-order valence-corrected chi connectivity index (χ2v) is 12.5. The smallest absolute Gasteiger partial charge is 0.335 e. The third kappa shape index (κ3) is 6.02. The first-order valence-corrected chi connectivity index (χ1v) is 15.3. The minimum absolute atomic E-state index is 0.211. The Bertz CT molecular complexity index is 1440. The van der Waals surface area contributed by atoms with Crippen molar-refractivity contribution in [2.75, 3.05) is 19.0 Å². The quantitative estimate of drug-likeness (QED) is 0.318. The fraction of sp³-hybridized carbons (Fsp3) is 0.423. The van der Waals surface area contributed by atoms with Crippen LogP contribution in [0.5, 0.6) is 0 Å². The van der Waals surface area contributed by atoms with Gasteiger partial charge >= 0.3 is 10.3 Å². The number of ketones is 1. The minimum atomic E-state index is -3.96. The molecule has 3 aromatic rings. The maximum Gasteiger partial charge on any atom is 0.335 e. The van der Waals surface area contributed by atoms with Crippen molar-refractivity contribution in [3.8, 4) is 0 Å². The van der Waals surface area contributed by atoms with E-state index in [0.717, 1.165) is 30.4 Å². The lowest BCUT2D eigenvalue weighted by Crippen LogP contribution is -2.34. The van der Waals surface area contributed by atoms with Gasteiger partial charge in [0.25, 0.3) is 0 Å². The number of nitrogens with one attached hydrogen (secondary N) is 2. The Hall–Kier alpha value is -2.45. The molecule has 10 nitrogen and oxygen atoms in total. The molecule has 1 aromatic carbocycles. The van der Waals surface area contributed by atoms with Crippen molar-refractivity contribution in [2.45, 2.75) is 56.0 Å². The van der Waals surface area contributed by atoms with Crippen LogP contribution in [0.1, 0.15) is 58.5 Å². The van der Waals surface area contributed by atoms with Crippen LogP contribution in [0, 0.1) is 0 Å². The van der Waals surface area contributed by atoms with Crippen molar-refractivity contribution in [3.05, 3.63) is 74.8 Å². The third-order valence-corrected chi connectivity index (χ3v) is 9.29. The van der Waals surface area contributed by atoms with E-state index in [0.29, 0.717) is 22.3 Å². The number of carbonyl (C=O) groups excluding carboxylic acids is 1. The van der Waals surface area contributed by atoms with E-state index in [-0.39, 0.29) is 30.2 Å². The maximum atomic E-state index is 13.7. The van der Waals surface area contributed by atoms with Gasteiger partial charge in [-0.1, -0.05) is 23.7 Å². The van der Waals surface area contributed by atoms with Crippen molar-refractivity contribution >= 4 is 44.8 Å². The summed E-state index contributed by atoms with van der Waals surface area (Å²) in [4.78, 5) is 22.5. The van der Waals surface area contributed by atoms with Crippen LogP contribution in [0.15, 0.2) is 48.2 Å². The van der Waals surface area contributed by atoms with Gasteiger partial charge in [0, 0.05) is 30.9 Å². The standard InChI is InChI=1S/C26H29ClN4O6S2/c1-28-39(34,35)37-22-12-19(11-21(22)32)31-25-20(13-29-15-30-25)24(33)23-10-17(14-38-23)26(7-2-3-8-36-26)16-5-4-6-18(27)9-16/h4-6,9-10,13-15,19,21-22,28,32H,2-3,7-8,11-12H2,1H3,(H,29,30,31)/t19-,21+,22-,26+/m1/s1. The normalized spacial score (nSPS) is 25.5. The molecule has 0 radical (unpaired) electrons. The van der Waals surface area contributed by atoms with E-state index in [2.05, 4.69) is 20.0 Å². The highest BCUT2D eigenvalue weighted by atomic mass is 35.5. The Labute approximate surface area is 236 Å². The average molecular weight is 593 g/mol.